The lowest BCUT2D eigenvalue weighted by molar-refractivity contribution is -0.135. The number of rotatable bonds is 5. The van der Waals surface area contributed by atoms with Gasteiger partial charge in [0, 0.05) is 25.9 Å². The Hall–Kier alpha value is -2.15. The molecule has 2 rings (SSSR count). The van der Waals surface area contributed by atoms with Gasteiger partial charge in [-0.25, -0.2) is 9.18 Å². The van der Waals surface area contributed by atoms with Crippen LogP contribution in [0.4, 0.5) is 14.9 Å². The Morgan fingerprint density at radius 1 is 1.35 bits per heavy atom. The monoisotopic (exact) mass is 323 g/mol. The molecule has 1 fully saturated rings. The molecule has 1 unspecified atom stereocenters. The molecule has 0 saturated carbocycles. The van der Waals surface area contributed by atoms with Crippen LogP contribution in [0.2, 0.25) is 0 Å². The van der Waals surface area contributed by atoms with Crippen molar-refractivity contribution in [1.29, 1.82) is 0 Å². The zero-order valence-electron chi connectivity index (χ0n) is 13.2. The first kappa shape index (κ1) is 17.2. The van der Waals surface area contributed by atoms with Gasteiger partial charge in [-0.1, -0.05) is 18.2 Å². The second-order valence-electron chi connectivity index (χ2n) is 5.54. The van der Waals surface area contributed by atoms with Gasteiger partial charge in [-0.15, -0.1) is 0 Å². The fourth-order valence-electron chi connectivity index (χ4n) is 2.52. The molecule has 7 heteroatoms. The number of para-hydroxylation sites is 1. The van der Waals surface area contributed by atoms with E-state index in [0.717, 1.165) is 0 Å². The van der Waals surface area contributed by atoms with Crippen LogP contribution in [-0.4, -0.2) is 55.9 Å². The number of carbonyl (C=O) groups is 2. The molecule has 1 heterocycles. The molecule has 0 aliphatic carbocycles. The molecule has 1 saturated heterocycles. The Morgan fingerprint density at radius 2 is 2.09 bits per heavy atom. The normalized spacial score (nSPS) is 20.9. The van der Waals surface area contributed by atoms with Crippen LogP contribution in [0.15, 0.2) is 30.3 Å². The highest BCUT2D eigenvalue weighted by atomic mass is 19.1. The maximum atomic E-state index is 14.9. The first-order valence-corrected chi connectivity index (χ1v) is 7.62. The SMILES string of the molecule is COCCNC(=O)C1(F)CCCN(C(=O)Nc2ccccc2)C1. The van der Waals surface area contributed by atoms with Crippen molar-refractivity contribution in [3.05, 3.63) is 30.3 Å². The van der Waals surface area contributed by atoms with Crippen LogP contribution in [0.5, 0.6) is 0 Å². The van der Waals surface area contributed by atoms with E-state index in [0.29, 0.717) is 25.3 Å². The molecular weight excluding hydrogens is 301 g/mol. The number of nitrogens with zero attached hydrogens (tertiary/aromatic N) is 1. The lowest BCUT2D eigenvalue weighted by Crippen LogP contribution is -2.56. The third-order valence-electron chi connectivity index (χ3n) is 3.75. The highest BCUT2D eigenvalue weighted by molar-refractivity contribution is 5.91. The Kier molecular flexibility index (Phi) is 5.92. The van der Waals surface area contributed by atoms with Crippen molar-refractivity contribution in [3.8, 4) is 0 Å². The van der Waals surface area contributed by atoms with Gasteiger partial charge in [0.15, 0.2) is 0 Å². The number of carbonyl (C=O) groups excluding carboxylic acids is 2. The summed E-state index contributed by atoms with van der Waals surface area (Å²) < 4.78 is 19.7. The van der Waals surface area contributed by atoms with E-state index in [2.05, 4.69) is 10.6 Å². The number of piperidine rings is 1. The molecule has 6 nitrogen and oxygen atoms in total. The van der Waals surface area contributed by atoms with E-state index in [1.807, 2.05) is 6.07 Å². The summed E-state index contributed by atoms with van der Waals surface area (Å²) in [5, 5.41) is 5.21. The molecular formula is C16H22FN3O3. The smallest absolute Gasteiger partial charge is 0.321 e. The largest absolute Gasteiger partial charge is 0.383 e. The van der Waals surface area contributed by atoms with Gasteiger partial charge in [-0.05, 0) is 25.0 Å². The van der Waals surface area contributed by atoms with E-state index in [9.17, 15) is 14.0 Å². The van der Waals surface area contributed by atoms with Crippen LogP contribution in [0.1, 0.15) is 12.8 Å². The highest BCUT2D eigenvalue weighted by Gasteiger charge is 2.43. The average Bonchev–Trinajstić information content (AvgIpc) is 2.56. The highest BCUT2D eigenvalue weighted by Crippen LogP contribution is 2.26. The van der Waals surface area contributed by atoms with Crippen LogP contribution in [0.3, 0.4) is 0 Å². The molecule has 0 radical (unpaired) electrons. The number of amides is 3. The number of benzene rings is 1. The molecule has 1 aliphatic rings. The van der Waals surface area contributed by atoms with Crippen LogP contribution >= 0.6 is 0 Å². The molecule has 23 heavy (non-hydrogen) atoms. The maximum Gasteiger partial charge on any atom is 0.321 e. The van der Waals surface area contributed by atoms with E-state index in [4.69, 9.17) is 4.74 Å². The fraction of sp³-hybridized carbons (Fsp3) is 0.500. The summed E-state index contributed by atoms with van der Waals surface area (Å²) in [6.07, 6.45) is 0.553. The van der Waals surface area contributed by atoms with Gasteiger partial charge in [0.1, 0.15) is 0 Å². The molecule has 0 bridgehead atoms. The second-order valence-corrected chi connectivity index (χ2v) is 5.54. The number of halogens is 1. The quantitative estimate of drug-likeness (QED) is 0.812. The number of urea groups is 1. The Balaban J connectivity index is 1.93. The minimum atomic E-state index is -2.06. The predicted octanol–water partition coefficient (Wildman–Crippen LogP) is 1.79. The van der Waals surface area contributed by atoms with Crippen LogP contribution < -0.4 is 10.6 Å². The lowest BCUT2D eigenvalue weighted by atomic mass is 9.94. The van der Waals surface area contributed by atoms with Crippen molar-refractivity contribution < 1.29 is 18.7 Å². The Labute approximate surface area is 135 Å². The van der Waals surface area contributed by atoms with Crippen molar-refractivity contribution in [1.82, 2.24) is 10.2 Å². The summed E-state index contributed by atoms with van der Waals surface area (Å²) in [5.74, 6) is -0.688. The molecule has 3 amide bonds. The molecule has 126 valence electrons. The van der Waals surface area contributed by atoms with Gasteiger partial charge >= 0.3 is 6.03 Å². The zero-order chi connectivity index (χ0) is 16.7. The van der Waals surface area contributed by atoms with Crippen molar-refractivity contribution in [2.75, 3.05) is 38.7 Å². The summed E-state index contributed by atoms with van der Waals surface area (Å²) in [4.78, 5) is 25.6. The first-order valence-electron chi connectivity index (χ1n) is 7.62. The first-order chi connectivity index (χ1) is 11.0. The molecule has 1 aromatic carbocycles. The standard InChI is InChI=1S/C16H22FN3O3/c1-23-11-9-18-14(21)16(17)8-5-10-20(12-16)15(22)19-13-6-3-2-4-7-13/h2-4,6-7H,5,8-12H2,1H3,(H,18,21)(H,19,22). The molecule has 0 spiro atoms. The number of ether oxygens (including phenoxy) is 1. The third-order valence-corrected chi connectivity index (χ3v) is 3.75. The number of hydrogen-bond donors (Lipinski definition) is 2. The van der Waals surface area contributed by atoms with Crippen molar-refractivity contribution in [2.24, 2.45) is 0 Å². The minimum Gasteiger partial charge on any atom is -0.383 e. The fourth-order valence-corrected chi connectivity index (χ4v) is 2.52. The van der Waals surface area contributed by atoms with Gasteiger partial charge in [-0.2, -0.15) is 0 Å². The van der Waals surface area contributed by atoms with Crippen molar-refractivity contribution in [3.63, 3.8) is 0 Å². The summed E-state index contributed by atoms with van der Waals surface area (Å²) in [6, 6.07) is 8.54. The van der Waals surface area contributed by atoms with Crippen molar-refractivity contribution >= 4 is 17.6 Å². The molecule has 0 aromatic heterocycles. The van der Waals surface area contributed by atoms with Crippen molar-refractivity contribution in [2.45, 2.75) is 18.5 Å². The molecule has 1 atom stereocenters. The van der Waals surface area contributed by atoms with Gasteiger partial charge in [0.2, 0.25) is 5.67 Å². The van der Waals surface area contributed by atoms with E-state index < -0.39 is 17.6 Å². The maximum absolute atomic E-state index is 14.9. The van der Waals surface area contributed by atoms with E-state index in [-0.39, 0.29) is 19.5 Å². The van der Waals surface area contributed by atoms with Gasteiger partial charge in [0.05, 0.1) is 13.2 Å². The summed E-state index contributed by atoms with van der Waals surface area (Å²) in [7, 11) is 1.51. The topological polar surface area (TPSA) is 70.7 Å². The summed E-state index contributed by atoms with van der Waals surface area (Å²) in [6.45, 7) is 0.747. The molecule has 1 aliphatic heterocycles. The van der Waals surface area contributed by atoms with Gasteiger partial charge in [0.25, 0.3) is 5.91 Å². The zero-order valence-corrected chi connectivity index (χ0v) is 13.2. The van der Waals surface area contributed by atoms with E-state index >= 15 is 0 Å². The number of likely N-dealkylation sites (tertiary alicyclic amines) is 1. The Bertz CT molecular complexity index is 541. The predicted molar refractivity (Wildman–Crippen MR) is 85.0 cm³/mol. The van der Waals surface area contributed by atoms with Gasteiger partial charge < -0.3 is 20.3 Å². The van der Waals surface area contributed by atoms with Crippen LogP contribution in [0, 0.1) is 0 Å². The van der Waals surface area contributed by atoms with E-state index in [1.54, 1.807) is 24.3 Å². The lowest BCUT2D eigenvalue weighted by Gasteiger charge is -2.36. The number of nitrogens with one attached hydrogen (secondary N) is 2. The Morgan fingerprint density at radius 3 is 2.78 bits per heavy atom. The number of methoxy groups -OCH3 is 1. The number of alkyl halides is 1. The summed E-state index contributed by atoms with van der Waals surface area (Å²) in [5.41, 5.74) is -1.42. The third kappa shape index (κ3) is 4.66. The molecule has 1 aromatic rings. The van der Waals surface area contributed by atoms with E-state index in [1.165, 1.54) is 12.0 Å². The number of anilines is 1. The molecule has 2 N–H and O–H groups in total. The average molecular weight is 323 g/mol. The number of hydrogen-bond acceptors (Lipinski definition) is 3. The van der Waals surface area contributed by atoms with Crippen LogP contribution in [0.25, 0.3) is 0 Å². The minimum absolute atomic E-state index is 0.112. The van der Waals surface area contributed by atoms with Crippen LogP contribution in [-0.2, 0) is 9.53 Å². The van der Waals surface area contributed by atoms with Gasteiger partial charge in [-0.3, -0.25) is 4.79 Å². The second kappa shape index (κ2) is 7.92. The summed E-state index contributed by atoms with van der Waals surface area (Å²) >= 11 is 0.